The Kier molecular flexibility index (Phi) is 6.34. The van der Waals surface area contributed by atoms with Gasteiger partial charge >= 0.3 is 11.9 Å². The zero-order valence-electron chi connectivity index (χ0n) is 16.7. The Hall–Kier alpha value is -2.77. The lowest BCUT2D eigenvalue weighted by Crippen LogP contribution is -2.63. The van der Waals surface area contributed by atoms with Crippen LogP contribution in [0.3, 0.4) is 0 Å². The Morgan fingerprint density at radius 3 is 2.23 bits per heavy atom. The first-order chi connectivity index (χ1) is 15.0. The number of benzene rings is 2. The summed E-state index contributed by atoms with van der Waals surface area (Å²) in [5.41, 5.74) is 2.24. The first-order valence-electron chi connectivity index (χ1n) is 9.72. The minimum absolute atomic E-state index is 0.0858. The molecule has 2 atom stereocenters. The molecule has 0 aliphatic carbocycles. The molecule has 6 nitrogen and oxygen atoms in total. The van der Waals surface area contributed by atoms with Crippen molar-refractivity contribution in [1.29, 1.82) is 0 Å². The van der Waals surface area contributed by atoms with Crippen molar-refractivity contribution >= 4 is 41.2 Å². The first kappa shape index (κ1) is 21.5. The maximum atomic E-state index is 13.4. The highest BCUT2D eigenvalue weighted by atomic mass is 35.5. The predicted molar refractivity (Wildman–Crippen MR) is 117 cm³/mol. The summed E-state index contributed by atoms with van der Waals surface area (Å²) in [4.78, 5) is 38.5. The van der Waals surface area contributed by atoms with Gasteiger partial charge in [0, 0.05) is 18.2 Å². The fraction of sp³-hybridized carbons (Fsp3) is 0.261. The maximum Gasteiger partial charge on any atom is 0.356 e. The Morgan fingerprint density at radius 1 is 1.10 bits per heavy atom. The van der Waals surface area contributed by atoms with Crippen molar-refractivity contribution in [2.75, 3.05) is 12.4 Å². The summed E-state index contributed by atoms with van der Waals surface area (Å²) >= 11 is 7.58. The summed E-state index contributed by atoms with van der Waals surface area (Å²) in [7, 11) is 0. The van der Waals surface area contributed by atoms with Crippen LogP contribution in [0.1, 0.15) is 24.2 Å². The lowest BCUT2D eigenvalue weighted by Gasteiger charge is -2.47. The first-order valence-corrected chi connectivity index (χ1v) is 11.2. The van der Waals surface area contributed by atoms with Crippen LogP contribution in [0.15, 0.2) is 71.9 Å². The minimum atomic E-state index is -0.692. The molecule has 0 spiro atoms. The molecule has 1 unspecified atom stereocenters. The van der Waals surface area contributed by atoms with E-state index >= 15 is 0 Å². The highest BCUT2D eigenvalue weighted by molar-refractivity contribution is 8.00. The number of ether oxygens (including phenoxy) is 2. The molecule has 0 N–H and O–H groups in total. The third kappa shape index (κ3) is 4.34. The highest BCUT2D eigenvalue weighted by Crippen LogP contribution is 2.43. The van der Waals surface area contributed by atoms with E-state index in [4.69, 9.17) is 21.1 Å². The van der Waals surface area contributed by atoms with Gasteiger partial charge in [-0.15, -0.1) is 23.4 Å². The second-order valence-electron chi connectivity index (χ2n) is 7.15. The fourth-order valence-corrected chi connectivity index (χ4v) is 5.21. The third-order valence-electron chi connectivity index (χ3n) is 5.05. The molecule has 8 heteroatoms. The van der Waals surface area contributed by atoms with Crippen molar-refractivity contribution in [2.45, 2.75) is 23.8 Å². The maximum absolute atomic E-state index is 13.4. The summed E-state index contributed by atoms with van der Waals surface area (Å²) in [6, 6.07) is 18.8. The summed E-state index contributed by atoms with van der Waals surface area (Å²) < 4.78 is 11.1. The topological polar surface area (TPSA) is 72.9 Å². The van der Waals surface area contributed by atoms with Gasteiger partial charge < -0.3 is 9.47 Å². The van der Waals surface area contributed by atoms with Gasteiger partial charge in [0.25, 0.3) is 0 Å². The van der Waals surface area contributed by atoms with Gasteiger partial charge in [-0.25, -0.2) is 4.79 Å². The fourth-order valence-electron chi connectivity index (χ4n) is 3.54. The van der Waals surface area contributed by atoms with E-state index < -0.39 is 23.4 Å². The predicted octanol–water partition coefficient (Wildman–Crippen LogP) is 3.66. The molecule has 2 heterocycles. The normalized spacial score (nSPS) is 20.2. The number of esters is 2. The van der Waals surface area contributed by atoms with Crippen LogP contribution in [-0.2, 0) is 23.9 Å². The number of carbonyl (C=O) groups is 3. The van der Waals surface area contributed by atoms with E-state index in [2.05, 4.69) is 0 Å². The molecule has 0 saturated carbocycles. The Morgan fingerprint density at radius 2 is 1.68 bits per heavy atom. The second kappa shape index (κ2) is 9.16. The molecule has 1 fully saturated rings. The average Bonchev–Trinajstić information content (AvgIpc) is 2.80. The standard InChI is InChI=1S/C23H20ClNO5S/c1-14(26)29-12-17-13-31-22-18(24)21(27)25(22)19(17)23(28)30-20(15-8-4-2-5-9-15)16-10-6-3-7-11-16/h2-11,18,20,22H,12-13H2,1H3/t18-,22?/m0/s1. The third-order valence-corrected chi connectivity index (χ3v) is 6.97. The summed E-state index contributed by atoms with van der Waals surface area (Å²) in [5.74, 6) is -1.07. The van der Waals surface area contributed by atoms with Gasteiger partial charge in [-0.05, 0) is 11.1 Å². The SMILES string of the molecule is CC(=O)OCC1=C(C(=O)OC(c2ccccc2)c2ccccc2)N2C(=O)[C@H](Cl)C2SC1. The van der Waals surface area contributed by atoms with Gasteiger partial charge in [-0.1, -0.05) is 60.7 Å². The van der Waals surface area contributed by atoms with Crippen molar-refractivity contribution in [3.8, 4) is 0 Å². The summed E-state index contributed by atoms with van der Waals surface area (Å²) in [6.45, 7) is 1.21. The second-order valence-corrected chi connectivity index (χ2v) is 8.73. The van der Waals surface area contributed by atoms with Gasteiger partial charge in [-0.2, -0.15) is 0 Å². The summed E-state index contributed by atoms with van der Waals surface area (Å²) in [6.07, 6.45) is -0.659. The van der Waals surface area contributed by atoms with E-state index in [0.717, 1.165) is 11.1 Å². The van der Waals surface area contributed by atoms with Crippen LogP contribution in [0.2, 0.25) is 0 Å². The van der Waals surface area contributed by atoms with E-state index in [1.165, 1.54) is 23.6 Å². The van der Waals surface area contributed by atoms with Gasteiger partial charge in [0.05, 0.1) is 0 Å². The van der Waals surface area contributed by atoms with E-state index in [0.29, 0.717) is 11.3 Å². The number of amides is 1. The molecule has 160 valence electrons. The molecule has 0 aromatic heterocycles. The molecule has 1 saturated heterocycles. The number of fused-ring (bicyclic) bond motifs is 1. The van der Waals surface area contributed by atoms with Crippen LogP contribution in [-0.4, -0.2) is 45.9 Å². The lowest BCUT2D eigenvalue weighted by atomic mass is 10.0. The Balaban J connectivity index is 1.68. The monoisotopic (exact) mass is 457 g/mol. The molecule has 31 heavy (non-hydrogen) atoms. The zero-order valence-corrected chi connectivity index (χ0v) is 18.3. The highest BCUT2D eigenvalue weighted by Gasteiger charge is 2.53. The molecule has 0 radical (unpaired) electrons. The van der Waals surface area contributed by atoms with Crippen molar-refractivity contribution < 1.29 is 23.9 Å². The van der Waals surface area contributed by atoms with Gasteiger partial charge in [-0.3, -0.25) is 14.5 Å². The van der Waals surface area contributed by atoms with Gasteiger partial charge in [0.15, 0.2) is 6.10 Å². The number of alkyl halides is 1. The van der Waals surface area contributed by atoms with Gasteiger partial charge in [0.2, 0.25) is 5.91 Å². The number of nitrogens with zero attached hydrogens (tertiary/aromatic N) is 1. The van der Waals surface area contributed by atoms with E-state index in [9.17, 15) is 14.4 Å². The number of thioether (sulfide) groups is 1. The van der Waals surface area contributed by atoms with Crippen LogP contribution in [0.5, 0.6) is 0 Å². The molecule has 2 aromatic carbocycles. The van der Waals surface area contributed by atoms with Crippen LogP contribution in [0, 0.1) is 0 Å². The molecular weight excluding hydrogens is 438 g/mol. The average molecular weight is 458 g/mol. The van der Waals surface area contributed by atoms with Crippen LogP contribution < -0.4 is 0 Å². The zero-order chi connectivity index (χ0) is 22.0. The molecular formula is C23H20ClNO5S. The number of halogens is 1. The Labute approximate surface area is 189 Å². The molecule has 0 bridgehead atoms. The number of carbonyl (C=O) groups excluding carboxylic acids is 3. The van der Waals surface area contributed by atoms with E-state index in [1.54, 1.807) is 0 Å². The van der Waals surface area contributed by atoms with E-state index in [1.807, 2.05) is 60.7 Å². The molecule has 1 amide bonds. The van der Waals surface area contributed by atoms with Crippen molar-refractivity contribution in [2.24, 2.45) is 0 Å². The van der Waals surface area contributed by atoms with Gasteiger partial charge in [0.1, 0.15) is 23.1 Å². The van der Waals surface area contributed by atoms with Crippen molar-refractivity contribution in [1.82, 2.24) is 4.90 Å². The largest absolute Gasteiger partial charge is 0.461 e. The summed E-state index contributed by atoms with van der Waals surface area (Å²) in [5, 5.41) is -1.04. The number of hydrogen-bond acceptors (Lipinski definition) is 6. The van der Waals surface area contributed by atoms with Crippen LogP contribution in [0.25, 0.3) is 0 Å². The Bertz CT molecular complexity index is 987. The van der Waals surface area contributed by atoms with E-state index in [-0.39, 0.29) is 23.6 Å². The molecule has 2 aliphatic rings. The quantitative estimate of drug-likeness (QED) is 0.374. The molecule has 2 aliphatic heterocycles. The lowest BCUT2D eigenvalue weighted by molar-refractivity contribution is -0.151. The molecule has 4 rings (SSSR count). The minimum Gasteiger partial charge on any atom is -0.461 e. The number of hydrogen-bond donors (Lipinski definition) is 0. The smallest absolute Gasteiger partial charge is 0.356 e. The van der Waals surface area contributed by atoms with Crippen molar-refractivity contribution in [3.05, 3.63) is 83.1 Å². The number of β-lactam (4-membered cyclic amide) rings is 1. The van der Waals surface area contributed by atoms with Crippen LogP contribution >= 0.6 is 23.4 Å². The molecule has 2 aromatic rings. The van der Waals surface area contributed by atoms with Crippen LogP contribution in [0.4, 0.5) is 0 Å². The number of rotatable bonds is 6. The van der Waals surface area contributed by atoms with Crippen molar-refractivity contribution in [3.63, 3.8) is 0 Å².